The molecule has 17 heavy (non-hydrogen) atoms. The normalized spacial score (nSPS) is 15.4. The van der Waals surface area contributed by atoms with Crippen LogP contribution in [0.1, 0.15) is 32.4 Å². The van der Waals surface area contributed by atoms with Crippen LogP contribution >= 0.6 is 0 Å². The zero-order valence-electron chi connectivity index (χ0n) is 10.6. The van der Waals surface area contributed by atoms with Gasteiger partial charge < -0.3 is 5.32 Å². The number of nitrogens with zero attached hydrogens (tertiary/aromatic N) is 5. The van der Waals surface area contributed by atoms with E-state index in [-0.39, 0.29) is 0 Å². The number of aromatic nitrogens is 5. The summed E-state index contributed by atoms with van der Waals surface area (Å²) in [4.78, 5) is 4.21. The largest absolute Gasteiger partial charge is 0.317 e. The molecule has 2 aromatic rings. The van der Waals surface area contributed by atoms with Gasteiger partial charge in [-0.1, -0.05) is 13.8 Å². The molecule has 0 aliphatic heterocycles. The van der Waals surface area contributed by atoms with Gasteiger partial charge in [0.05, 0.1) is 11.9 Å². The van der Waals surface area contributed by atoms with E-state index in [1.54, 1.807) is 10.7 Å². The molecule has 2 heterocycles. The Balaban J connectivity index is 2.52. The fraction of sp³-hybridized carbons (Fsp3) is 0.636. The Hall–Kier alpha value is -1.56. The maximum atomic E-state index is 4.21. The molecule has 0 aliphatic carbocycles. The first-order valence-electron chi connectivity index (χ1n) is 5.84. The summed E-state index contributed by atoms with van der Waals surface area (Å²) in [7, 11) is 1.97. The van der Waals surface area contributed by atoms with Crippen LogP contribution in [0.2, 0.25) is 0 Å². The van der Waals surface area contributed by atoms with Crippen LogP contribution in [0, 0.1) is 5.92 Å². The Morgan fingerprint density at radius 1 is 1.24 bits per heavy atom. The first kappa shape index (κ1) is 11.9. The lowest BCUT2D eigenvalue weighted by Gasteiger charge is -2.27. The Bertz CT molecular complexity index is 491. The minimum atomic E-state index is 0.319. The van der Waals surface area contributed by atoms with Crippen molar-refractivity contribution in [2.24, 2.45) is 5.92 Å². The van der Waals surface area contributed by atoms with Crippen LogP contribution in [0.15, 0.2) is 12.4 Å². The lowest BCUT2D eigenvalue weighted by atomic mass is 9.86. The molecule has 0 fully saturated rings. The van der Waals surface area contributed by atoms with Crippen LogP contribution in [0.5, 0.6) is 0 Å². The molecule has 0 aliphatic rings. The highest BCUT2D eigenvalue weighted by Crippen LogP contribution is 2.27. The predicted octanol–water partition coefficient (Wildman–Crippen LogP) is 0.867. The summed E-state index contributed by atoms with van der Waals surface area (Å²) in [6.07, 6.45) is 3.52. The summed E-state index contributed by atoms with van der Waals surface area (Å²) in [5, 5.41) is 14.9. The van der Waals surface area contributed by atoms with Crippen molar-refractivity contribution >= 4 is 5.65 Å². The standard InChI is InChI=1S/C11H18N6/c1-7(2)11(8(3)12-4)9-5-13-6-10-14-15-16-17(9)10/h5-8,11-12H,1-4H3. The minimum Gasteiger partial charge on any atom is -0.317 e. The molecular weight excluding hydrogens is 216 g/mol. The highest BCUT2D eigenvalue weighted by atomic mass is 15.5. The van der Waals surface area contributed by atoms with Crippen molar-refractivity contribution in [2.75, 3.05) is 7.05 Å². The van der Waals surface area contributed by atoms with Crippen LogP contribution in [-0.4, -0.2) is 38.1 Å². The van der Waals surface area contributed by atoms with Crippen molar-refractivity contribution in [1.29, 1.82) is 0 Å². The molecule has 6 heteroatoms. The SMILES string of the molecule is CNC(C)C(c1cncc2nnnn12)C(C)C. The van der Waals surface area contributed by atoms with Gasteiger partial charge in [-0.25, -0.2) is 0 Å². The molecule has 0 bridgehead atoms. The summed E-state index contributed by atoms with van der Waals surface area (Å²) < 4.78 is 1.77. The van der Waals surface area contributed by atoms with Gasteiger partial charge in [0.2, 0.25) is 0 Å². The molecule has 0 aromatic carbocycles. The second-order valence-corrected chi connectivity index (χ2v) is 4.63. The van der Waals surface area contributed by atoms with E-state index in [0.29, 0.717) is 23.5 Å². The molecule has 0 radical (unpaired) electrons. The number of fused-ring (bicyclic) bond motifs is 1. The molecule has 2 unspecified atom stereocenters. The third kappa shape index (κ3) is 2.12. The van der Waals surface area contributed by atoms with E-state index in [1.165, 1.54) is 0 Å². The Labute approximate surface area is 100 Å². The zero-order chi connectivity index (χ0) is 12.4. The molecule has 2 rings (SSSR count). The van der Waals surface area contributed by atoms with Gasteiger partial charge in [-0.2, -0.15) is 4.52 Å². The van der Waals surface area contributed by atoms with E-state index in [0.717, 1.165) is 5.69 Å². The topological polar surface area (TPSA) is 68.0 Å². The fourth-order valence-electron chi connectivity index (χ4n) is 2.28. The third-order valence-electron chi connectivity index (χ3n) is 3.19. The number of nitrogens with one attached hydrogen (secondary N) is 1. The number of rotatable bonds is 4. The lowest BCUT2D eigenvalue weighted by Crippen LogP contribution is -2.33. The molecule has 0 saturated carbocycles. The van der Waals surface area contributed by atoms with Crippen molar-refractivity contribution in [2.45, 2.75) is 32.7 Å². The van der Waals surface area contributed by atoms with E-state index in [4.69, 9.17) is 0 Å². The second kappa shape index (κ2) is 4.75. The van der Waals surface area contributed by atoms with Gasteiger partial charge >= 0.3 is 0 Å². The fourth-order valence-corrected chi connectivity index (χ4v) is 2.28. The van der Waals surface area contributed by atoms with E-state index >= 15 is 0 Å². The summed E-state index contributed by atoms with van der Waals surface area (Å²) in [5.41, 5.74) is 1.74. The maximum Gasteiger partial charge on any atom is 0.197 e. The van der Waals surface area contributed by atoms with Gasteiger partial charge in [-0.15, -0.1) is 5.10 Å². The summed E-state index contributed by atoms with van der Waals surface area (Å²) in [6, 6.07) is 0.339. The molecule has 0 amide bonds. The number of hydrogen-bond acceptors (Lipinski definition) is 5. The van der Waals surface area contributed by atoms with Crippen molar-refractivity contribution in [1.82, 2.24) is 30.3 Å². The Morgan fingerprint density at radius 3 is 2.65 bits per heavy atom. The first-order valence-corrected chi connectivity index (χ1v) is 5.84. The molecule has 6 nitrogen and oxygen atoms in total. The van der Waals surface area contributed by atoms with Crippen LogP contribution in [0.4, 0.5) is 0 Å². The molecule has 2 atom stereocenters. The van der Waals surface area contributed by atoms with Crippen LogP contribution in [-0.2, 0) is 0 Å². The van der Waals surface area contributed by atoms with E-state index in [2.05, 4.69) is 46.6 Å². The monoisotopic (exact) mass is 234 g/mol. The van der Waals surface area contributed by atoms with Crippen molar-refractivity contribution in [3.63, 3.8) is 0 Å². The quantitative estimate of drug-likeness (QED) is 0.850. The van der Waals surface area contributed by atoms with Crippen molar-refractivity contribution in [3.05, 3.63) is 18.1 Å². The molecular formula is C11H18N6. The number of hydrogen-bond donors (Lipinski definition) is 1. The van der Waals surface area contributed by atoms with Gasteiger partial charge in [0.1, 0.15) is 0 Å². The van der Waals surface area contributed by atoms with Crippen molar-refractivity contribution in [3.8, 4) is 0 Å². The predicted molar refractivity (Wildman–Crippen MR) is 64.7 cm³/mol. The van der Waals surface area contributed by atoms with E-state index in [1.807, 2.05) is 13.2 Å². The maximum absolute atomic E-state index is 4.21. The molecule has 1 N–H and O–H groups in total. The molecule has 92 valence electrons. The zero-order valence-corrected chi connectivity index (χ0v) is 10.6. The average molecular weight is 234 g/mol. The van der Waals surface area contributed by atoms with E-state index in [9.17, 15) is 0 Å². The van der Waals surface area contributed by atoms with Gasteiger partial charge in [0, 0.05) is 18.2 Å². The second-order valence-electron chi connectivity index (χ2n) is 4.63. The van der Waals surface area contributed by atoms with Crippen molar-refractivity contribution < 1.29 is 0 Å². The lowest BCUT2D eigenvalue weighted by molar-refractivity contribution is 0.381. The van der Waals surface area contributed by atoms with E-state index < -0.39 is 0 Å². The third-order valence-corrected chi connectivity index (χ3v) is 3.19. The van der Waals surface area contributed by atoms with Crippen LogP contribution < -0.4 is 5.32 Å². The Kier molecular flexibility index (Phi) is 3.33. The van der Waals surface area contributed by atoms with Gasteiger partial charge in [-0.05, 0) is 30.3 Å². The Morgan fingerprint density at radius 2 is 2.00 bits per heavy atom. The highest BCUT2D eigenvalue weighted by Gasteiger charge is 2.25. The molecule has 2 aromatic heterocycles. The average Bonchev–Trinajstić information content (AvgIpc) is 2.77. The number of tetrazole rings is 1. The molecule has 0 saturated heterocycles. The van der Waals surface area contributed by atoms with Gasteiger partial charge in [0.15, 0.2) is 5.65 Å². The smallest absolute Gasteiger partial charge is 0.197 e. The van der Waals surface area contributed by atoms with Crippen LogP contribution in [0.3, 0.4) is 0 Å². The first-order chi connectivity index (χ1) is 8.15. The molecule has 0 spiro atoms. The summed E-state index contributed by atoms with van der Waals surface area (Å²) in [5.74, 6) is 0.800. The van der Waals surface area contributed by atoms with Gasteiger partial charge in [0.25, 0.3) is 0 Å². The summed E-state index contributed by atoms with van der Waals surface area (Å²) in [6.45, 7) is 6.55. The van der Waals surface area contributed by atoms with Crippen LogP contribution in [0.25, 0.3) is 5.65 Å². The number of likely N-dealkylation sites (N-methyl/N-ethyl adjacent to an activating group) is 1. The summed E-state index contributed by atoms with van der Waals surface area (Å²) >= 11 is 0. The van der Waals surface area contributed by atoms with Gasteiger partial charge in [-0.3, -0.25) is 4.98 Å². The minimum absolute atomic E-state index is 0.319. The highest BCUT2D eigenvalue weighted by molar-refractivity contribution is 5.33.